The average Bonchev–Trinajstić information content (AvgIpc) is 3.60. The number of nitrogens with two attached hydrogens (primary N) is 1. The van der Waals surface area contributed by atoms with Crippen molar-refractivity contribution >= 4 is 46.1 Å². The summed E-state index contributed by atoms with van der Waals surface area (Å²) >= 11 is 13.4. The van der Waals surface area contributed by atoms with Crippen LogP contribution >= 0.6 is 23.2 Å². The third-order valence-electron chi connectivity index (χ3n) is 6.76. The van der Waals surface area contributed by atoms with E-state index in [2.05, 4.69) is 15.3 Å². The van der Waals surface area contributed by atoms with Crippen molar-refractivity contribution < 1.29 is 14.7 Å². The fraction of sp³-hybridized carbons (Fsp3) is 0.269. The van der Waals surface area contributed by atoms with Crippen LogP contribution in [0.5, 0.6) is 0 Å². The van der Waals surface area contributed by atoms with Gasteiger partial charge in [-0.3, -0.25) is 14.6 Å². The van der Waals surface area contributed by atoms with Gasteiger partial charge in [-0.1, -0.05) is 40.5 Å². The number of hydrogen-bond acceptors (Lipinski definition) is 5. The molecule has 2 aromatic heterocycles. The number of carboxylic acids is 1. The zero-order valence-electron chi connectivity index (χ0n) is 19.6. The van der Waals surface area contributed by atoms with Gasteiger partial charge in [0, 0.05) is 21.7 Å². The maximum atomic E-state index is 11.8. The number of carboxylic acid groups (broad SMARTS) is 1. The third-order valence-corrected chi connectivity index (χ3v) is 7.52. The largest absolute Gasteiger partial charge is 0.481 e. The summed E-state index contributed by atoms with van der Waals surface area (Å²) in [6, 6.07) is 10.1. The van der Waals surface area contributed by atoms with E-state index in [9.17, 15) is 14.7 Å². The molecule has 2 atom stereocenters. The third kappa shape index (κ3) is 4.20. The first kappa shape index (κ1) is 24.2. The van der Waals surface area contributed by atoms with Crippen LogP contribution in [-0.2, 0) is 4.79 Å². The molecule has 5 rings (SSSR count). The molecular formula is C26H23Cl2N5O3. The Morgan fingerprint density at radius 2 is 1.89 bits per heavy atom. The number of halogens is 2. The van der Waals surface area contributed by atoms with E-state index in [-0.39, 0.29) is 11.6 Å². The van der Waals surface area contributed by atoms with E-state index in [1.807, 2.05) is 19.1 Å². The number of rotatable bonds is 7. The Kier molecular flexibility index (Phi) is 6.18. The molecule has 4 aromatic rings. The van der Waals surface area contributed by atoms with Gasteiger partial charge in [0.2, 0.25) is 5.91 Å². The minimum Gasteiger partial charge on any atom is -0.481 e. The highest BCUT2D eigenvalue weighted by Gasteiger charge is 2.29. The van der Waals surface area contributed by atoms with E-state index >= 15 is 0 Å². The Labute approximate surface area is 217 Å². The number of amides is 1. The van der Waals surface area contributed by atoms with E-state index in [0.29, 0.717) is 43.8 Å². The molecule has 8 nitrogen and oxygen atoms in total. The molecule has 0 saturated heterocycles. The lowest BCUT2D eigenvalue weighted by atomic mass is 9.91. The summed E-state index contributed by atoms with van der Waals surface area (Å²) in [5.74, 6) is -2.09. The Balaban J connectivity index is 1.63. The summed E-state index contributed by atoms with van der Waals surface area (Å²) in [6.07, 6.45) is 3.81. The van der Waals surface area contributed by atoms with Crippen molar-refractivity contribution in [3.05, 3.63) is 74.9 Å². The molecule has 1 amide bonds. The average molecular weight is 524 g/mol. The van der Waals surface area contributed by atoms with Gasteiger partial charge in [0.05, 0.1) is 34.4 Å². The molecule has 10 heteroatoms. The van der Waals surface area contributed by atoms with E-state index < -0.39 is 17.8 Å². The first-order valence-corrected chi connectivity index (χ1v) is 12.3. The summed E-state index contributed by atoms with van der Waals surface area (Å²) in [7, 11) is 0. The second-order valence-corrected chi connectivity index (χ2v) is 9.92. The summed E-state index contributed by atoms with van der Waals surface area (Å²) in [5.41, 5.74) is 10.3. The zero-order chi connectivity index (χ0) is 25.7. The van der Waals surface area contributed by atoms with Crippen molar-refractivity contribution in [2.24, 2.45) is 5.73 Å². The summed E-state index contributed by atoms with van der Waals surface area (Å²) in [4.78, 5) is 28.0. The Hall–Kier alpha value is -3.49. The molecule has 2 heterocycles. The Bertz CT molecular complexity index is 1530. The molecule has 2 aromatic carbocycles. The summed E-state index contributed by atoms with van der Waals surface area (Å²) in [5, 5.41) is 19.5. The number of aromatic nitrogens is 4. The zero-order valence-corrected chi connectivity index (χ0v) is 21.1. The number of carbonyl (C=O) groups excluding carboxylic acids is 1. The SMILES string of the molecule is CC(C(=O)O)c1cc(C(N)=O)ccc1-c1cc2c(cn1)nnn2[C@H](C)c1c(Cl)ccc(C2CC2)c1Cl. The fourth-order valence-corrected chi connectivity index (χ4v) is 5.36. The van der Waals surface area contributed by atoms with Crippen LogP contribution < -0.4 is 5.73 Å². The molecule has 0 spiro atoms. The molecule has 36 heavy (non-hydrogen) atoms. The van der Waals surface area contributed by atoms with Crippen LogP contribution in [0.4, 0.5) is 0 Å². The fourth-order valence-electron chi connectivity index (χ4n) is 4.52. The van der Waals surface area contributed by atoms with Crippen LogP contribution in [0, 0.1) is 0 Å². The van der Waals surface area contributed by atoms with E-state index in [1.54, 1.807) is 36.0 Å². The monoisotopic (exact) mass is 523 g/mol. The minimum atomic E-state index is -1.03. The van der Waals surface area contributed by atoms with Gasteiger partial charge in [-0.15, -0.1) is 5.10 Å². The lowest BCUT2D eigenvalue weighted by molar-refractivity contribution is -0.138. The van der Waals surface area contributed by atoms with Crippen molar-refractivity contribution in [2.45, 2.75) is 44.6 Å². The van der Waals surface area contributed by atoms with Crippen molar-refractivity contribution in [2.75, 3.05) is 0 Å². The van der Waals surface area contributed by atoms with Gasteiger partial charge in [-0.05, 0) is 68.0 Å². The molecule has 0 aliphatic heterocycles. The van der Waals surface area contributed by atoms with Crippen LogP contribution in [-0.4, -0.2) is 37.0 Å². The maximum absolute atomic E-state index is 11.8. The lowest BCUT2D eigenvalue weighted by Crippen LogP contribution is -2.14. The molecule has 0 bridgehead atoms. The van der Waals surface area contributed by atoms with Gasteiger partial charge < -0.3 is 10.8 Å². The van der Waals surface area contributed by atoms with E-state index in [1.165, 1.54) is 6.07 Å². The Morgan fingerprint density at radius 1 is 1.14 bits per heavy atom. The van der Waals surface area contributed by atoms with Gasteiger partial charge in [0.15, 0.2) is 0 Å². The van der Waals surface area contributed by atoms with Crippen LogP contribution in [0.3, 0.4) is 0 Å². The minimum absolute atomic E-state index is 0.225. The molecule has 1 unspecified atom stereocenters. The smallest absolute Gasteiger partial charge is 0.310 e. The number of fused-ring (bicyclic) bond motifs is 1. The predicted molar refractivity (Wildman–Crippen MR) is 138 cm³/mol. The van der Waals surface area contributed by atoms with Crippen molar-refractivity contribution in [1.29, 1.82) is 0 Å². The van der Waals surface area contributed by atoms with Gasteiger partial charge in [-0.2, -0.15) is 0 Å². The van der Waals surface area contributed by atoms with Crippen LogP contribution in [0.2, 0.25) is 10.0 Å². The van der Waals surface area contributed by atoms with Gasteiger partial charge >= 0.3 is 5.97 Å². The normalized spacial score (nSPS) is 15.1. The van der Waals surface area contributed by atoms with Crippen LogP contribution in [0.1, 0.15) is 71.6 Å². The number of benzene rings is 2. The topological polar surface area (TPSA) is 124 Å². The number of primary amides is 1. The molecule has 0 radical (unpaired) electrons. The first-order chi connectivity index (χ1) is 17.2. The highest BCUT2D eigenvalue weighted by atomic mass is 35.5. The number of carbonyl (C=O) groups is 2. The highest BCUT2D eigenvalue weighted by molar-refractivity contribution is 6.36. The number of hydrogen-bond donors (Lipinski definition) is 2. The lowest BCUT2D eigenvalue weighted by Gasteiger charge is -2.19. The molecule has 1 saturated carbocycles. The van der Waals surface area contributed by atoms with Crippen molar-refractivity contribution in [1.82, 2.24) is 20.0 Å². The van der Waals surface area contributed by atoms with Gasteiger partial charge in [-0.25, -0.2) is 4.68 Å². The van der Waals surface area contributed by atoms with Crippen molar-refractivity contribution in [3.8, 4) is 11.3 Å². The van der Waals surface area contributed by atoms with Crippen molar-refractivity contribution in [3.63, 3.8) is 0 Å². The molecule has 1 aliphatic carbocycles. The predicted octanol–water partition coefficient (Wildman–Crippen LogP) is 5.57. The summed E-state index contributed by atoms with van der Waals surface area (Å²) < 4.78 is 1.74. The van der Waals surface area contributed by atoms with E-state index in [0.717, 1.165) is 24.0 Å². The molecule has 184 valence electrons. The Morgan fingerprint density at radius 3 is 2.56 bits per heavy atom. The molecule has 1 aliphatic rings. The van der Waals surface area contributed by atoms with Crippen LogP contribution in [0.25, 0.3) is 22.3 Å². The van der Waals surface area contributed by atoms with Gasteiger partial charge in [0.25, 0.3) is 0 Å². The van der Waals surface area contributed by atoms with Crippen LogP contribution in [0.15, 0.2) is 42.6 Å². The first-order valence-electron chi connectivity index (χ1n) is 11.5. The second-order valence-electron chi connectivity index (χ2n) is 9.13. The molecular weight excluding hydrogens is 501 g/mol. The maximum Gasteiger partial charge on any atom is 0.310 e. The molecule has 3 N–H and O–H groups in total. The van der Waals surface area contributed by atoms with Gasteiger partial charge in [0.1, 0.15) is 5.52 Å². The highest BCUT2D eigenvalue weighted by Crippen LogP contribution is 2.47. The quantitative estimate of drug-likeness (QED) is 0.326. The standard InChI is InChI=1S/C26H23Cl2N5O3/c1-12(26(35)36)18-9-15(25(29)34)5-6-17(18)20-10-22-21(11-30-20)31-32-33(22)13(2)23-19(27)8-7-16(24(23)28)14-3-4-14/h5-14H,3-4H2,1-2H3,(H2,29,34)(H,35,36)/t12?,13-/m1/s1. The second kappa shape index (κ2) is 9.19. The number of nitrogens with zero attached hydrogens (tertiary/aromatic N) is 4. The van der Waals surface area contributed by atoms with E-state index in [4.69, 9.17) is 28.9 Å². The molecule has 1 fully saturated rings. The number of aliphatic carboxylic acids is 1. The summed E-state index contributed by atoms with van der Waals surface area (Å²) in [6.45, 7) is 3.51. The number of pyridine rings is 1.